The van der Waals surface area contributed by atoms with Crippen LogP contribution < -0.4 is 9.88 Å². The average molecular weight is 378 g/mol. The Balaban J connectivity index is 1.75. The Morgan fingerprint density at radius 3 is 2.32 bits per heavy atom. The number of aromatic nitrogens is 2. The summed E-state index contributed by atoms with van der Waals surface area (Å²) in [6.07, 6.45) is 0. The number of benzene rings is 2. The minimum absolute atomic E-state index is 0.0721. The van der Waals surface area contributed by atoms with Crippen molar-refractivity contribution in [3.8, 4) is 17.0 Å². The fraction of sp³-hybridized carbons (Fsp3) is 0. The monoisotopic (exact) mass is 377 g/mol. The third kappa shape index (κ3) is 4.05. The number of nitrogens with zero attached hydrogens (tertiary/aromatic N) is 1. The van der Waals surface area contributed by atoms with Crippen molar-refractivity contribution >= 4 is 27.6 Å². The second kappa shape index (κ2) is 6.67. The van der Waals surface area contributed by atoms with Gasteiger partial charge in [0.25, 0.3) is 0 Å². The molecule has 0 aliphatic heterocycles. The van der Waals surface area contributed by atoms with E-state index in [2.05, 4.69) is 10.2 Å². The molecule has 3 aromatic rings. The van der Waals surface area contributed by atoms with Gasteiger partial charge in [0.1, 0.15) is 5.75 Å². The molecule has 9 heteroatoms. The topological polar surface area (TPSA) is 115 Å². The second-order valence-electron chi connectivity index (χ2n) is 5.08. The number of nitrogens with one attached hydrogen (secondary N) is 1. The maximum Gasteiger partial charge on any atom is 0.364 e. The Morgan fingerprint density at radius 2 is 1.72 bits per heavy atom. The van der Waals surface area contributed by atoms with Crippen molar-refractivity contribution in [3.05, 3.63) is 65.3 Å². The van der Waals surface area contributed by atoms with Crippen LogP contribution >= 0.6 is 11.6 Å². The van der Waals surface area contributed by atoms with Gasteiger partial charge in [0, 0.05) is 5.02 Å². The maximum absolute atomic E-state index is 12.1. The minimum Gasteiger partial charge on any atom is -0.422 e. The number of carbonyl (C=O) groups excluding carboxylic acids is 1. The first-order valence-corrected chi connectivity index (χ1v) is 8.92. The lowest BCUT2D eigenvalue weighted by Gasteiger charge is -2.03. The molecule has 0 amide bonds. The van der Waals surface area contributed by atoms with Crippen LogP contribution in [0.4, 0.5) is 0 Å². The van der Waals surface area contributed by atoms with Crippen LogP contribution in [0.2, 0.25) is 5.02 Å². The molecule has 0 radical (unpaired) electrons. The fourth-order valence-electron chi connectivity index (χ4n) is 2.06. The van der Waals surface area contributed by atoms with Gasteiger partial charge in [-0.15, -0.1) is 0 Å². The van der Waals surface area contributed by atoms with E-state index in [0.717, 1.165) is 5.56 Å². The molecule has 2 aromatic carbocycles. The first-order chi connectivity index (χ1) is 11.8. The van der Waals surface area contributed by atoms with Gasteiger partial charge >= 0.3 is 5.97 Å². The highest BCUT2D eigenvalue weighted by Gasteiger charge is 2.15. The predicted octanol–water partition coefficient (Wildman–Crippen LogP) is 2.60. The molecule has 128 valence electrons. The second-order valence-corrected chi connectivity index (χ2v) is 7.08. The molecule has 0 spiro atoms. The van der Waals surface area contributed by atoms with Gasteiger partial charge in [0.2, 0.25) is 10.0 Å². The summed E-state index contributed by atoms with van der Waals surface area (Å²) in [6, 6.07) is 13.8. The number of carbonyl (C=O) groups is 1. The van der Waals surface area contributed by atoms with Gasteiger partial charge in [-0.3, -0.25) is 5.10 Å². The van der Waals surface area contributed by atoms with Gasteiger partial charge in [0.15, 0.2) is 5.69 Å². The van der Waals surface area contributed by atoms with Gasteiger partial charge in [-0.05, 0) is 48.0 Å². The number of ether oxygens (including phenoxy) is 1. The van der Waals surface area contributed by atoms with Gasteiger partial charge in [-0.25, -0.2) is 18.4 Å². The normalized spacial score (nSPS) is 11.3. The third-order valence-electron chi connectivity index (χ3n) is 3.31. The summed E-state index contributed by atoms with van der Waals surface area (Å²) in [5.41, 5.74) is 1.53. The SMILES string of the molecule is NS(=O)(=O)c1ccc(OC(=O)c2cc(-c3ccc(Cl)cc3)[nH]n2)cc1. The molecule has 0 saturated heterocycles. The lowest BCUT2D eigenvalue weighted by Crippen LogP contribution is -2.12. The number of primary sulfonamides is 1. The van der Waals surface area contributed by atoms with E-state index >= 15 is 0 Å². The average Bonchev–Trinajstić information content (AvgIpc) is 3.05. The highest BCUT2D eigenvalue weighted by molar-refractivity contribution is 7.89. The Kier molecular flexibility index (Phi) is 4.58. The van der Waals surface area contributed by atoms with E-state index in [1.807, 2.05) is 0 Å². The Labute approximate surface area is 148 Å². The number of esters is 1. The van der Waals surface area contributed by atoms with Gasteiger partial charge in [-0.2, -0.15) is 5.10 Å². The van der Waals surface area contributed by atoms with E-state index in [9.17, 15) is 13.2 Å². The molecular weight excluding hydrogens is 366 g/mol. The van der Waals surface area contributed by atoms with Crippen LogP contribution in [0, 0.1) is 0 Å². The molecule has 25 heavy (non-hydrogen) atoms. The van der Waals surface area contributed by atoms with Crippen LogP contribution in [0.25, 0.3) is 11.3 Å². The zero-order valence-electron chi connectivity index (χ0n) is 12.6. The molecule has 0 aliphatic carbocycles. The van der Waals surface area contributed by atoms with Crippen LogP contribution in [0.3, 0.4) is 0 Å². The van der Waals surface area contributed by atoms with Crippen molar-refractivity contribution in [1.82, 2.24) is 10.2 Å². The fourth-order valence-corrected chi connectivity index (χ4v) is 2.70. The summed E-state index contributed by atoms with van der Waals surface area (Å²) in [5, 5.41) is 12.3. The van der Waals surface area contributed by atoms with E-state index in [1.165, 1.54) is 24.3 Å². The molecule has 3 rings (SSSR count). The first-order valence-electron chi connectivity index (χ1n) is 6.99. The van der Waals surface area contributed by atoms with E-state index in [1.54, 1.807) is 30.3 Å². The largest absolute Gasteiger partial charge is 0.422 e. The van der Waals surface area contributed by atoms with E-state index in [-0.39, 0.29) is 16.3 Å². The van der Waals surface area contributed by atoms with Crippen molar-refractivity contribution in [1.29, 1.82) is 0 Å². The number of rotatable bonds is 4. The standard InChI is InChI=1S/C16H12ClN3O4S/c17-11-3-1-10(2-4-11)14-9-15(20-19-14)16(21)24-12-5-7-13(8-6-12)25(18,22)23/h1-9H,(H,19,20)(H2,18,22,23). The number of sulfonamides is 1. The lowest BCUT2D eigenvalue weighted by atomic mass is 10.1. The molecule has 0 saturated carbocycles. The summed E-state index contributed by atoms with van der Waals surface area (Å²) in [4.78, 5) is 12.1. The Bertz CT molecular complexity index is 1010. The highest BCUT2D eigenvalue weighted by Crippen LogP contribution is 2.21. The molecule has 3 N–H and O–H groups in total. The van der Waals surface area contributed by atoms with Crippen LogP contribution in [0.15, 0.2) is 59.5 Å². The zero-order chi connectivity index (χ0) is 18.0. The molecular formula is C16H12ClN3O4S. The van der Waals surface area contributed by atoms with Gasteiger partial charge in [-0.1, -0.05) is 23.7 Å². The Hall–Kier alpha value is -2.68. The van der Waals surface area contributed by atoms with Crippen LogP contribution in [0.5, 0.6) is 5.75 Å². The van der Waals surface area contributed by atoms with Crippen molar-refractivity contribution in [2.75, 3.05) is 0 Å². The molecule has 0 atom stereocenters. The minimum atomic E-state index is -3.80. The van der Waals surface area contributed by atoms with Gasteiger partial charge < -0.3 is 4.74 Å². The van der Waals surface area contributed by atoms with Crippen molar-refractivity contribution in [2.24, 2.45) is 5.14 Å². The predicted molar refractivity (Wildman–Crippen MR) is 91.8 cm³/mol. The number of H-pyrrole nitrogens is 1. The zero-order valence-corrected chi connectivity index (χ0v) is 14.2. The Morgan fingerprint density at radius 1 is 1.08 bits per heavy atom. The number of hydrogen-bond acceptors (Lipinski definition) is 5. The van der Waals surface area contributed by atoms with Crippen molar-refractivity contribution in [3.63, 3.8) is 0 Å². The van der Waals surface area contributed by atoms with Crippen LogP contribution in [-0.2, 0) is 10.0 Å². The summed E-state index contributed by atoms with van der Waals surface area (Å²) < 4.78 is 27.5. The molecule has 1 aromatic heterocycles. The van der Waals surface area contributed by atoms with Gasteiger partial charge in [0.05, 0.1) is 10.6 Å². The summed E-state index contributed by atoms with van der Waals surface area (Å²) >= 11 is 5.84. The van der Waals surface area contributed by atoms with Crippen LogP contribution in [0.1, 0.15) is 10.5 Å². The third-order valence-corrected chi connectivity index (χ3v) is 4.49. The molecule has 0 fully saturated rings. The molecule has 0 bridgehead atoms. The highest BCUT2D eigenvalue weighted by atomic mass is 35.5. The molecule has 7 nitrogen and oxygen atoms in total. The number of aromatic amines is 1. The van der Waals surface area contributed by atoms with E-state index in [4.69, 9.17) is 21.5 Å². The number of halogens is 1. The van der Waals surface area contributed by atoms with Crippen molar-refractivity contribution in [2.45, 2.75) is 4.90 Å². The van der Waals surface area contributed by atoms with Crippen LogP contribution in [-0.4, -0.2) is 24.6 Å². The molecule has 0 aliphatic rings. The molecule has 0 unspecified atom stereocenters. The van der Waals surface area contributed by atoms with E-state index in [0.29, 0.717) is 10.7 Å². The summed E-state index contributed by atoms with van der Waals surface area (Å²) in [7, 11) is -3.80. The van der Waals surface area contributed by atoms with Crippen molar-refractivity contribution < 1.29 is 17.9 Å². The number of nitrogens with two attached hydrogens (primary N) is 1. The summed E-state index contributed by atoms with van der Waals surface area (Å²) in [6.45, 7) is 0. The quantitative estimate of drug-likeness (QED) is 0.535. The van der Waals surface area contributed by atoms with E-state index < -0.39 is 16.0 Å². The smallest absolute Gasteiger partial charge is 0.364 e. The summed E-state index contributed by atoms with van der Waals surface area (Å²) in [5.74, 6) is -0.506. The number of hydrogen-bond donors (Lipinski definition) is 2. The molecule has 1 heterocycles. The lowest BCUT2D eigenvalue weighted by molar-refractivity contribution is 0.0728. The maximum atomic E-state index is 12.1. The first kappa shape index (κ1) is 17.2.